The Bertz CT molecular complexity index is 503. The van der Waals surface area contributed by atoms with Crippen LogP contribution in [0.5, 0.6) is 5.75 Å². The number of nitrogens with one attached hydrogen (secondary N) is 1. The number of nitrogens with zero attached hydrogens (tertiary/aromatic N) is 1. The van der Waals surface area contributed by atoms with E-state index in [2.05, 4.69) is 17.4 Å². The Kier molecular flexibility index (Phi) is 4.12. The van der Waals surface area contributed by atoms with E-state index >= 15 is 0 Å². The highest BCUT2D eigenvalue weighted by atomic mass is 16.5. The van der Waals surface area contributed by atoms with Crippen LogP contribution in [0.3, 0.4) is 0 Å². The second-order valence-electron chi connectivity index (χ2n) is 5.89. The van der Waals surface area contributed by atoms with Crippen LogP contribution in [-0.4, -0.2) is 54.8 Å². The molecule has 21 heavy (non-hydrogen) atoms. The van der Waals surface area contributed by atoms with E-state index in [4.69, 9.17) is 4.74 Å². The monoisotopic (exact) mass is 290 g/mol. The number of ether oxygens (including phenoxy) is 1. The maximum atomic E-state index is 12.4. The fraction of sp³-hybridized carbons (Fsp3) is 0.562. The summed E-state index contributed by atoms with van der Waals surface area (Å²) >= 11 is 0. The lowest BCUT2D eigenvalue weighted by molar-refractivity contribution is -0.132. The molecule has 3 rings (SSSR count). The lowest BCUT2D eigenvalue weighted by Gasteiger charge is -2.20. The fourth-order valence-electron chi connectivity index (χ4n) is 3.23. The predicted octanol–water partition coefficient (Wildman–Crippen LogP) is 0.734. The molecular weight excluding hydrogens is 268 g/mol. The van der Waals surface area contributed by atoms with Crippen molar-refractivity contribution >= 4 is 5.91 Å². The first-order valence-corrected chi connectivity index (χ1v) is 7.51. The standard InChI is InChI=1S/C16H22N2O3/c1-21-14-4-2-11(3-5-14)12-6-7-18(10-12)16(20)15-8-13(19)9-17-15/h2-5,12-13,15,17,19H,6-10H2,1H3. The number of likely N-dealkylation sites (tertiary alicyclic amines) is 1. The van der Waals surface area contributed by atoms with Gasteiger partial charge in [0.05, 0.1) is 19.3 Å². The van der Waals surface area contributed by atoms with Crippen molar-refractivity contribution in [2.24, 2.45) is 0 Å². The van der Waals surface area contributed by atoms with Gasteiger partial charge >= 0.3 is 0 Å². The smallest absolute Gasteiger partial charge is 0.239 e. The zero-order chi connectivity index (χ0) is 14.8. The fourth-order valence-corrected chi connectivity index (χ4v) is 3.23. The lowest BCUT2D eigenvalue weighted by Crippen LogP contribution is -2.42. The summed E-state index contributed by atoms with van der Waals surface area (Å²) in [6.07, 6.45) is 1.13. The van der Waals surface area contributed by atoms with Gasteiger partial charge in [-0.3, -0.25) is 4.79 Å². The Morgan fingerprint density at radius 1 is 1.38 bits per heavy atom. The van der Waals surface area contributed by atoms with Gasteiger partial charge in [-0.05, 0) is 30.5 Å². The van der Waals surface area contributed by atoms with E-state index in [1.165, 1.54) is 5.56 Å². The van der Waals surface area contributed by atoms with E-state index in [-0.39, 0.29) is 18.1 Å². The minimum atomic E-state index is -0.390. The van der Waals surface area contributed by atoms with E-state index < -0.39 is 0 Å². The predicted molar refractivity (Wildman–Crippen MR) is 79.3 cm³/mol. The molecule has 2 saturated heterocycles. The third-order valence-electron chi connectivity index (χ3n) is 4.49. The van der Waals surface area contributed by atoms with Gasteiger partial charge in [-0.1, -0.05) is 12.1 Å². The van der Waals surface area contributed by atoms with Crippen molar-refractivity contribution < 1.29 is 14.6 Å². The average Bonchev–Trinajstić information content (AvgIpc) is 3.16. The van der Waals surface area contributed by atoms with Gasteiger partial charge in [0.15, 0.2) is 0 Å². The van der Waals surface area contributed by atoms with Gasteiger partial charge in [0.2, 0.25) is 5.91 Å². The van der Waals surface area contributed by atoms with Crippen LogP contribution >= 0.6 is 0 Å². The van der Waals surface area contributed by atoms with Crippen LogP contribution in [0.2, 0.25) is 0 Å². The number of amides is 1. The van der Waals surface area contributed by atoms with Crippen LogP contribution in [0.1, 0.15) is 24.3 Å². The van der Waals surface area contributed by atoms with Crippen LogP contribution in [0.4, 0.5) is 0 Å². The molecule has 5 nitrogen and oxygen atoms in total. The minimum Gasteiger partial charge on any atom is -0.497 e. The molecule has 5 heteroatoms. The van der Waals surface area contributed by atoms with Crippen molar-refractivity contribution in [2.75, 3.05) is 26.7 Å². The number of aliphatic hydroxyl groups excluding tert-OH is 1. The third-order valence-corrected chi connectivity index (χ3v) is 4.49. The molecule has 1 amide bonds. The highest BCUT2D eigenvalue weighted by molar-refractivity contribution is 5.82. The van der Waals surface area contributed by atoms with E-state index in [0.29, 0.717) is 18.9 Å². The molecule has 2 N–H and O–H groups in total. The van der Waals surface area contributed by atoms with Crippen molar-refractivity contribution in [3.63, 3.8) is 0 Å². The third kappa shape index (κ3) is 3.04. The van der Waals surface area contributed by atoms with Crippen molar-refractivity contribution in [1.29, 1.82) is 0 Å². The molecule has 114 valence electrons. The first-order valence-electron chi connectivity index (χ1n) is 7.51. The Morgan fingerprint density at radius 2 is 2.14 bits per heavy atom. The van der Waals surface area contributed by atoms with Crippen molar-refractivity contribution in [3.05, 3.63) is 29.8 Å². The second kappa shape index (κ2) is 6.03. The number of rotatable bonds is 3. The van der Waals surface area contributed by atoms with Gasteiger partial charge in [-0.25, -0.2) is 0 Å². The van der Waals surface area contributed by atoms with E-state index in [1.807, 2.05) is 17.0 Å². The Balaban J connectivity index is 1.60. The summed E-state index contributed by atoms with van der Waals surface area (Å²) < 4.78 is 5.17. The van der Waals surface area contributed by atoms with Gasteiger partial charge in [-0.15, -0.1) is 0 Å². The molecular formula is C16H22N2O3. The summed E-state index contributed by atoms with van der Waals surface area (Å²) in [6.45, 7) is 2.08. The number of aliphatic hydroxyl groups is 1. The molecule has 0 aliphatic carbocycles. The summed E-state index contributed by atoms with van der Waals surface area (Å²) in [5.74, 6) is 1.38. The number of β-amino-alcohol motifs (C(OH)–C–C–N with tert-alkyl or cyclic N) is 1. The normalized spacial score (nSPS) is 28.9. The molecule has 0 radical (unpaired) electrons. The highest BCUT2D eigenvalue weighted by Gasteiger charge is 2.35. The largest absolute Gasteiger partial charge is 0.497 e. The van der Waals surface area contributed by atoms with E-state index in [9.17, 15) is 9.90 Å². The van der Waals surface area contributed by atoms with Crippen LogP contribution in [0, 0.1) is 0 Å². The van der Waals surface area contributed by atoms with Gasteiger partial charge in [0.1, 0.15) is 5.75 Å². The number of carbonyl (C=O) groups excluding carboxylic acids is 1. The summed E-state index contributed by atoms with van der Waals surface area (Å²) in [5, 5.41) is 12.6. The minimum absolute atomic E-state index is 0.127. The molecule has 0 spiro atoms. The quantitative estimate of drug-likeness (QED) is 0.862. The van der Waals surface area contributed by atoms with Crippen LogP contribution in [0.15, 0.2) is 24.3 Å². The van der Waals surface area contributed by atoms with E-state index in [1.54, 1.807) is 7.11 Å². The molecule has 1 aromatic carbocycles. The number of methoxy groups -OCH3 is 1. The second-order valence-corrected chi connectivity index (χ2v) is 5.89. The summed E-state index contributed by atoms with van der Waals surface area (Å²) in [6, 6.07) is 7.88. The number of carbonyl (C=O) groups is 1. The Labute approximate surface area is 124 Å². The molecule has 2 aliphatic heterocycles. The number of hydrogen-bond donors (Lipinski definition) is 2. The average molecular weight is 290 g/mol. The van der Waals surface area contributed by atoms with Gasteiger partial charge in [0, 0.05) is 25.6 Å². The maximum absolute atomic E-state index is 12.4. The molecule has 1 aromatic rings. The zero-order valence-electron chi connectivity index (χ0n) is 12.3. The van der Waals surface area contributed by atoms with Crippen LogP contribution in [-0.2, 0) is 4.79 Å². The molecule has 3 unspecified atom stereocenters. The number of hydrogen-bond acceptors (Lipinski definition) is 4. The molecule has 0 bridgehead atoms. The Hall–Kier alpha value is -1.59. The summed E-state index contributed by atoms with van der Waals surface area (Å²) in [4.78, 5) is 14.3. The van der Waals surface area contributed by atoms with Gasteiger partial charge < -0.3 is 20.1 Å². The molecule has 2 heterocycles. The van der Waals surface area contributed by atoms with E-state index in [0.717, 1.165) is 25.3 Å². The number of benzene rings is 1. The first kappa shape index (κ1) is 14.4. The Morgan fingerprint density at radius 3 is 2.76 bits per heavy atom. The first-order chi connectivity index (χ1) is 10.2. The van der Waals surface area contributed by atoms with Crippen molar-refractivity contribution in [2.45, 2.75) is 30.9 Å². The van der Waals surface area contributed by atoms with Gasteiger partial charge in [-0.2, -0.15) is 0 Å². The maximum Gasteiger partial charge on any atom is 0.239 e. The molecule has 0 aromatic heterocycles. The molecule has 2 fully saturated rings. The lowest BCUT2D eigenvalue weighted by atomic mass is 9.98. The SMILES string of the molecule is COc1ccc(C2CCN(C(=O)C3CC(O)CN3)C2)cc1. The highest BCUT2D eigenvalue weighted by Crippen LogP contribution is 2.29. The summed E-state index contributed by atoms with van der Waals surface area (Å²) in [7, 11) is 1.66. The summed E-state index contributed by atoms with van der Waals surface area (Å²) in [5.41, 5.74) is 1.26. The molecule has 0 saturated carbocycles. The van der Waals surface area contributed by atoms with Crippen LogP contribution in [0.25, 0.3) is 0 Å². The van der Waals surface area contributed by atoms with Crippen molar-refractivity contribution in [1.82, 2.24) is 10.2 Å². The van der Waals surface area contributed by atoms with Crippen LogP contribution < -0.4 is 10.1 Å². The molecule has 3 atom stereocenters. The topological polar surface area (TPSA) is 61.8 Å². The van der Waals surface area contributed by atoms with Gasteiger partial charge in [0.25, 0.3) is 0 Å². The van der Waals surface area contributed by atoms with Crippen molar-refractivity contribution in [3.8, 4) is 5.75 Å². The molecule has 2 aliphatic rings. The zero-order valence-corrected chi connectivity index (χ0v) is 12.3.